The van der Waals surface area contributed by atoms with Crippen molar-refractivity contribution in [3.05, 3.63) is 34.9 Å². The van der Waals surface area contributed by atoms with E-state index >= 15 is 0 Å². The summed E-state index contributed by atoms with van der Waals surface area (Å²) >= 11 is 1.52. The summed E-state index contributed by atoms with van der Waals surface area (Å²) in [5, 5.41) is 4.83. The Bertz CT molecular complexity index is 677. The summed E-state index contributed by atoms with van der Waals surface area (Å²) < 4.78 is 6.06. The van der Waals surface area contributed by atoms with Crippen molar-refractivity contribution < 1.29 is 9.53 Å². The highest BCUT2D eigenvalue weighted by Crippen LogP contribution is 2.26. The molecule has 7 nitrogen and oxygen atoms in total. The number of pyridine rings is 1. The van der Waals surface area contributed by atoms with Gasteiger partial charge in [-0.2, -0.15) is 0 Å². The van der Waals surface area contributed by atoms with Gasteiger partial charge < -0.3 is 19.9 Å². The van der Waals surface area contributed by atoms with Crippen LogP contribution in [-0.2, 0) is 6.54 Å². The zero-order valence-corrected chi connectivity index (χ0v) is 14.6. The summed E-state index contributed by atoms with van der Waals surface area (Å²) in [5.41, 5.74) is 2.64. The third-order valence-electron chi connectivity index (χ3n) is 3.80. The van der Waals surface area contributed by atoms with Crippen LogP contribution in [-0.4, -0.2) is 54.2 Å². The van der Waals surface area contributed by atoms with Crippen molar-refractivity contribution in [3.8, 4) is 5.75 Å². The second-order valence-corrected chi connectivity index (χ2v) is 6.55. The highest BCUT2D eigenvalue weighted by molar-refractivity contribution is 7.07. The van der Waals surface area contributed by atoms with Crippen molar-refractivity contribution in [1.82, 2.24) is 20.2 Å². The van der Waals surface area contributed by atoms with Gasteiger partial charge in [-0.05, 0) is 12.1 Å². The molecule has 1 atom stereocenters. The Morgan fingerprint density at radius 2 is 2.38 bits per heavy atom. The van der Waals surface area contributed by atoms with E-state index in [0.717, 1.165) is 23.7 Å². The molecule has 0 aliphatic carbocycles. The molecular weight excluding hydrogens is 326 g/mol. The number of nitrogens with zero attached hydrogens (tertiary/aromatic N) is 4. The number of carbonyl (C=O) groups excluding carboxylic acids is 1. The molecule has 3 rings (SSSR count). The molecule has 0 aromatic carbocycles. The van der Waals surface area contributed by atoms with Crippen LogP contribution in [0.3, 0.4) is 0 Å². The molecule has 0 spiro atoms. The zero-order valence-electron chi connectivity index (χ0n) is 13.8. The molecule has 24 heavy (non-hydrogen) atoms. The van der Waals surface area contributed by atoms with Gasteiger partial charge in [0.1, 0.15) is 6.10 Å². The molecule has 2 aromatic rings. The normalized spacial score (nSPS) is 16.9. The molecular formula is C16H21N5O2S. The number of nitrogens with one attached hydrogen (secondary N) is 1. The molecule has 1 saturated heterocycles. The number of likely N-dealkylation sites (tertiary alicyclic amines) is 1. The highest BCUT2D eigenvalue weighted by atomic mass is 32.1. The molecule has 2 aromatic heterocycles. The fourth-order valence-corrected chi connectivity index (χ4v) is 3.16. The maximum atomic E-state index is 12.2. The Morgan fingerprint density at radius 3 is 3.12 bits per heavy atom. The van der Waals surface area contributed by atoms with Gasteiger partial charge in [0.25, 0.3) is 0 Å². The van der Waals surface area contributed by atoms with Gasteiger partial charge in [0.15, 0.2) is 11.6 Å². The summed E-state index contributed by atoms with van der Waals surface area (Å²) in [6.07, 6.45) is 2.54. The lowest BCUT2D eigenvalue weighted by Crippen LogP contribution is -2.39. The molecule has 8 heteroatoms. The van der Waals surface area contributed by atoms with E-state index in [2.05, 4.69) is 15.3 Å². The monoisotopic (exact) mass is 347 g/mol. The lowest BCUT2D eigenvalue weighted by atomic mass is 10.3. The number of thiazole rings is 1. The van der Waals surface area contributed by atoms with Crippen LogP contribution in [0, 0.1) is 0 Å². The van der Waals surface area contributed by atoms with E-state index in [-0.39, 0.29) is 12.1 Å². The van der Waals surface area contributed by atoms with Crippen LogP contribution in [0.15, 0.2) is 29.2 Å². The Balaban J connectivity index is 1.53. The van der Waals surface area contributed by atoms with Crippen molar-refractivity contribution in [2.24, 2.45) is 0 Å². The lowest BCUT2D eigenvalue weighted by molar-refractivity contribution is 0.186. The molecule has 1 aliphatic heterocycles. The molecule has 1 N–H and O–H groups in total. The molecule has 0 unspecified atom stereocenters. The van der Waals surface area contributed by atoms with Crippen molar-refractivity contribution in [2.45, 2.75) is 19.1 Å². The Labute approximate surface area is 145 Å². The SMILES string of the molecule is CN(C)c1ncccc1O[C@H]1CCN(C(=O)NCc2cscn2)C1. The molecule has 1 aliphatic rings. The topological polar surface area (TPSA) is 70.6 Å². The maximum Gasteiger partial charge on any atom is 0.317 e. The largest absolute Gasteiger partial charge is 0.485 e. The maximum absolute atomic E-state index is 12.2. The van der Waals surface area contributed by atoms with E-state index in [0.29, 0.717) is 19.6 Å². The van der Waals surface area contributed by atoms with Crippen LogP contribution in [0.1, 0.15) is 12.1 Å². The number of anilines is 1. The minimum atomic E-state index is -0.0758. The van der Waals surface area contributed by atoms with Crippen LogP contribution < -0.4 is 15.0 Å². The average molecular weight is 347 g/mol. The summed E-state index contributed by atoms with van der Waals surface area (Å²) in [5.74, 6) is 1.54. The number of hydrogen-bond acceptors (Lipinski definition) is 6. The third kappa shape index (κ3) is 3.94. The van der Waals surface area contributed by atoms with E-state index < -0.39 is 0 Å². The number of hydrogen-bond donors (Lipinski definition) is 1. The molecule has 128 valence electrons. The molecule has 0 bridgehead atoms. The first-order valence-corrected chi connectivity index (χ1v) is 8.76. The van der Waals surface area contributed by atoms with Gasteiger partial charge in [0.2, 0.25) is 0 Å². The third-order valence-corrected chi connectivity index (χ3v) is 4.44. The molecule has 3 heterocycles. The first kappa shape index (κ1) is 16.5. The summed E-state index contributed by atoms with van der Waals surface area (Å²) in [6.45, 7) is 1.72. The van der Waals surface area contributed by atoms with Crippen LogP contribution in [0.4, 0.5) is 10.6 Å². The smallest absolute Gasteiger partial charge is 0.317 e. The first-order valence-electron chi connectivity index (χ1n) is 7.82. The van der Waals surface area contributed by atoms with Gasteiger partial charge in [0.05, 0.1) is 24.3 Å². The van der Waals surface area contributed by atoms with Gasteiger partial charge in [0, 0.05) is 38.6 Å². The zero-order chi connectivity index (χ0) is 16.9. The van der Waals surface area contributed by atoms with Crippen LogP contribution in [0.2, 0.25) is 0 Å². The first-order chi connectivity index (χ1) is 11.6. The minimum absolute atomic E-state index is 0.0158. The van der Waals surface area contributed by atoms with Gasteiger partial charge in [-0.15, -0.1) is 11.3 Å². The van der Waals surface area contributed by atoms with E-state index in [9.17, 15) is 4.79 Å². The van der Waals surface area contributed by atoms with Gasteiger partial charge in [-0.3, -0.25) is 0 Å². The molecule has 0 saturated carbocycles. The number of urea groups is 1. The molecule has 1 fully saturated rings. The summed E-state index contributed by atoms with van der Waals surface area (Å²) in [6, 6.07) is 3.69. The van der Waals surface area contributed by atoms with Gasteiger partial charge in [-0.25, -0.2) is 14.8 Å². The minimum Gasteiger partial charge on any atom is -0.485 e. The van der Waals surface area contributed by atoms with Crippen LogP contribution in [0.5, 0.6) is 5.75 Å². The van der Waals surface area contributed by atoms with Crippen LogP contribution >= 0.6 is 11.3 Å². The second kappa shape index (κ2) is 7.48. The van der Waals surface area contributed by atoms with Crippen molar-refractivity contribution in [3.63, 3.8) is 0 Å². The fraction of sp³-hybridized carbons (Fsp3) is 0.438. The number of carbonyl (C=O) groups is 1. The van der Waals surface area contributed by atoms with E-state index in [1.807, 2.05) is 36.5 Å². The van der Waals surface area contributed by atoms with Crippen molar-refractivity contribution >= 4 is 23.2 Å². The fourth-order valence-electron chi connectivity index (χ4n) is 2.60. The highest BCUT2D eigenvalue weighted by Gasteiger charge is 2.28. The van der Waals surface area contributed by atoms with E-state index in [4.69, 9.17) is 4.74 Å². The van der Waals surface area contributed by atoms with Crippen LogP contribution in [0.25, 0.3) is 0 Å². The van der Waals surface area contributed by atoms with E-state index in [1.54, 1.807) is 16.6 Å². The number of aromatic nitrogens is 2. The molecule has 0 radical (unpaired) electrons. The summed E-state index contributed by atoms with van der Waals surface area (Å²) in [7, 11) is 3.87. The number of ether oxygens (including phenoxy) is 1. The van der Waals surface area contributed by atoms with Crippen molar-refractivity contribution in [1.29, 1.82) is 0 Å². The average Bonchev–Trinajstić information content (AvgIpc) is 3.24. The number of rotatable bonds is 5. The summed E-state index contributed by atoms with van der Waals surface area (Å²) in [4.78, 5) is 24.4. The quantitative estimate of drug-likeness (QED) is 0.895. The van der Waals surface area contributed by atoms with E-state index in [1.165, 1.54) is 11.3 Å². The molecule has 2 amide bonds. The second-order valence-electron chi connectivity index (χ2n) is 5.83. The Morgan fingerprint density at radius 1 is 1.50 bits per heavy atom. The predicted octanol–water partition coefficient (Wildman–Crippen LogP) is 1.97. The predicted molar refractivity (Wildman–Crippen MR) is 93.5 cm³/mol. The Hall–Kier alpha value is -2.35. The standard InChI is InChI=1S/C16H21N5O2S/c1-20(2)15-14(4-3-6-17-15)23-13-5-7-21(9-13)16(22)18-8-12-10-24-11-19-12/h3-4,6,10-11,13H,5,7-9H2,1-2H3,(H,18,22)/t13-/m0/s1. The van der Waals surface area contributed by atoms with Gasteiger partial charge >= 0.3 is 6.03 Å². The van der Waals surface area contributed by atoms with Gasteiger partial charge in [-0.1, -0.05) is 0 Å². The van der Waals surface area contributed by atoms with Crippen molar-refractivity contribution in [2.75, 3.05) is 32.1 Å². The Kier molecular flexibility index (Phi) is 5.14. The lowest BCUT2D eigenvalue weighted by Gasteiger charge is -2.20. The number of amides is 2.